The standard InChI is InChI=1S/C15H21FN2O2.ClH/c1-20-14(12-4-6-13(16)7-5-12)9-18-15(19)10-17-8-11-2-3-11;/h4-7,11,14,17H,2-3,8-10H2,1H3,(H,18,19);1H. The van der Waals surface area contributed by atoms with Crippen molar-refractivity contribution in [3.05, 3.63) is 35.6 Å². The highest BCUT2D eigenvalue weighted by molar-refractivity contribution is 5.85. The van der Waals surface area contributed by atoms with Gasteiger partial charge in [0.2, 0.25) is 5.91 Å². The minimum absolute atomic E-state index is 0. The van der Waals surface area contributed by atoms with Crippen LogP contribution in [0.1, 0.15) is 24.5 Å². The van der Waals surface area contributed by atoms with Gasteiger partial charge < -0.3 is 15.4 Å². The van der Waals surface area contributed by atoms with Crippen molar-refractivity contribution < 1.29 is 13.9 Å². The molecule has 2 N–H and O–H groups in total. The van der Waals surface area contributed by atoms with Gasteiger partial charge in [0.05, 0.1) is 12.6 Å². The predicted octanol–water partition coefficient (Wildman–Crippen LogP) is 2.05. The van der Waals surface area contributed by atoms with Crippen LogP contribution in [0.4, 0.5) is 4.39 Å². The molecule has 4 nitrogen and oxygen atoms in total. The summed E-state index contributed by atoms with van der Waals surface area (Å²) in [5, 5.41) is 5.95. The zero-order chi connectivity index (χ0) is 14.4. The van der Waals surface area contributed by atoms with Gasteiger partial charge in [0.1, 0.15) is 5.82 Å². The van der Waals surface area contributed by atoms with Crippen molar-refractivity contribution in [3.8, 4) is 0 Å². The van der Waals surface area contributed by atoms with Crippen LogP contribution in [0.25, 0.3) is 0 Å². The number of hydrogen-bond acceptors (Lipinski definition) is 3. The Hall–Kier alpha value is -1.17. The molecule has 21 heavy (non-hydrogen) atoms. The quantitative estimate of drug-likeness (QED) is 0.772. The summed E-state index contributed by atoms with van der Waals surface area (Å²) < 4.78 is 18.2. The minimum Gasteiger partial charge on any atom is -0.375 e. The second-order valence-electron chi connectivity index (χ2n) is 5.15. The summed E-state index contributed by atoms with van der Waals surface area (Å²) in [6.07, 6.45) is 2.28. The maximum absolute atomic E-state index is 12.9. The lowest BCUT2D eigenvalue weighted by atomic mass is 10.1. The van der Waals surface area contributed by atoms with E-state index in [0.29, 0.717) is 13.1 Å². The average molecular weight is 317 g/mol. The SMILES string of the molecule is COC(CNC(=O)CNCC1CC1)c1ccc(F)cc1.Cl. The van der Waals surface area contributed by atoms with Crippen molar-refractivity contribution >= 4 is 18.3 Å². The van der Waals surface area contributed by atoms with Crippen LogP contribution in [-0.2, 0) is 9.53 Å². The molecule has 1 atom stereocenters. The van der Waals surface area contributed by atoms with Crippen molar-refractivity contribution in [2.24, 2.45) is 5.92 Å². The molecule has 0 radical (unpaired) electrons. The average Bonchev–Trinajstić information content (AvgIpc) is 3.25. The molecule has 0 saturated heterocycles. The largest absolute Gasteiger partial charge is 0.375 e. The van der Waals surface area contributed by atoms with E-state index in [2.05, 4.69) is 10.6 Å². The van der Waals surface area contributed by atoms with Crippen molar-refractivity contribution in [1.82, 2.24) is 10.6 Å². The third kappa shape index (κ3) is 6.42. The second-order valence-corrected chi connectivity index (χ2v) is 5.15. The molecular formula is C15H22ClFN2O2. The van der Waals surface area contributed by atoms with Crippen LogP contribution >= 0.6 is 12.4 Å². The molecular weight excluding hydrogens is 295 g/mol. The molecule has 1 aliphatic carbocycles. The van der Waals surface area contributed by atoms with Crippen LogP contribution in [0.3, 0.4) is 0 Å². The van der Waals surface area contributed by atoms with E-state index in [1.165, 1.54) is 25.0 Å². The zero-order valence-electron chi connectivity index (χ0n) is 12.1. The lowest BCUT2D eigenvalue weighted by Gasteiger charge is -2.16. The molecule has 2 rings (SSSR count). The predicted molar refractivity (Wildman–Crippen MR) is 82.0 cm³/mol. The number of carbonyl (C=O) groups is 1. The van der Waals surface area contributed by atoms with Gasteiger partial charge in [-0.25, -0.2) is 4.39 Å². The number of ether oxygens (including phenoxy) is 1. The number of nitrogens with one attached hydrogen (secondary N) is 2. The van der Waals surface area contributed by atoms with Gasteiger partial charge in [-0.05, 0) is 43.0 Å². The summed E-state index contributed by atoms with van der Waals surface area (Å²) in [6, 6.07) is 6.11. The van der Waals surface area contributed by atoms with Gasteiger partial charge in [-0.3, -0.25) is 4.79 Å². The smallest absolute Gasteiger partial charge is 0.234 e. The number of hydrogen-bond donors (Lipinski definition) is 2. The molecule has 6 heteroatoms. The lowest BCUT2D eigenvalue weighted by Crippen LogP contribution is -2.37. The van der Waals surface area contributed by atoms with Crippen LogP contribution in [0, 0.1) is 11.7 Å². The van der Waals surface area contributed by atoms with E-state index < -0.39 is 0 Å². The Kier molecular flexibility index (Phi) is 7.64. The topological polar surface area (TPSA) is 50.4 Å². The summed E-state index contributed by atoms with van der Waals surface area (Å²) in [7, 11) is 1.57. The Balaban J connectivity index is 0.00000220. The van der Waals surface area contributed by atoms with Gasteiger partial charge in [-0.1, -0.05) is 12.1 Å². The molecule has 118 valence electrons. The van der Waals surface area contributed by atoms with Crippen LogP contribution in [0.2, 0.25) is 0 Å². The Bertz CT molecular complexity index is 438. The monoisotopic (exact) mass is 316 g/mol. The van der Waals surface area contributed by atoms with E-state index >= 15 is 0 Å². The summed E-state index contributed by atoms with van der Waals surface area (Å²) in [4.78, 5) is 11.7. The molecule has 1 amide bonds. The number of benzene rings is 1. The van der Waals surface area contributed by atoms with E-state index in [4.69, 9.17) is 4.74 Å². The van der Waals surface area contributed by atoms with Gasteiger partial charge in [0.25, 0.3) is 0 Å². The van der Waals surface area contributed by atoms with E-state index in [-0.39, 0.29) is 30.2 Å². The number of halogens is 2. The molecule has 1 aliphatic rings. The summed E-state index contributed by atoms with van der Waals surface area (Å²) in [5.41, 5.74) is 0.847. The summed E-state index contributed by atoms with van der Waals surface area (Å²) >= 11 is 0. The molecule has 1 unspecified atom stereocenters. The number of amides is 1. The summed E-state index contributed by atoms with van der Waals surface area (Å²) in [6.45, 7) is 1.63. The van der Waals surface area contributed by atoms with Crippen LogP contribution in [0.5, 0.6) is 0 Å². The van der Waals surface area contributed by atoms with E-state index in [0.717, 1.165) is 18.0 Å². The van der Waals surface area contributed by atoms with Gasteiger partial charge in [0, 0.05) is 13.7 Å². The highest BCUT2D eigenvalue weighted by atomic mass is 35.5. The fourth-order valence-electron chi connectivity index (χ4n) is 2.00. The maximum atomic E-state index is 12.9. The summed E-state index contributed by atoms with van der Waals surface area (Å²) in [5.74, 6) is 0.431. The molecule has 0 bridgehead atoms. The Morgan fingerprint density at radius 2 is 2.05 bits per heavy atom. The Labute approximate surface area is 130 Å². The van der Waals surface area contributed by atoms with Crippen molar-refractivity contribution in [3.63, 3.8) is 0 Å². The van der Waals surface area contributed by atoms with Crippen LogP contribution in [-0.4, -0.2) is 32.7 Å². The number of rotatable bonds is 8. The lowest BCUT2D eigenvalue weighted by molar-refractivity contribution is -0.120. The third-order valence-electron chi connectivity index (χ3n) is 3.43. The highest BCUT2D eigenvalue weighted by Gasteiger charge is 2.20. The third-order valence-corrected chi connectivity index (χ3v) is 3.43. The number of methoxy groups -OCH3 is 1. The molecule has 1 fully saturated rings. The first-order valence-corrected chi connectivity index (χ1v) is 6.94. The first-order valence-electron chi connectivity index (χ1n) is 6.94. The van der Waals surface area contributed by atoms with E-state index in [1.54, 1.807) is 19.2 Å². The van der Waals surface area contributed by atoms with Crippen molar-refractivity contribution in [1.29, 1.82) is 0 Å². The van der Waals surface area contributed by atoms with Gasteiger partial charge in [-0.15, -0.1) is 12.4 Å². The molecule has 0 spiro atoms. The van der Waals surface area contributed by atoms with Gasteiger partial charge in [0.15, 0.2) is 0 Å². The number of carbonyl (C=O) groups excluding carboxylic acids is 1. The van der Waals surface area contributed by atoms with Crippen molar-refractivity contribution in [2.45, 2.75) is 18.9 Å². The second kappa shape index (κ2) is 8.97. The Morgan fingerprint density at radius 3 is 2.62 bits per heavy atom. The van der Waals surface area contributed by atoms with Crippen LogP contribution < -0.4 is 10.6 Å². The van der Waals surface area contributed by atoms with E-state index in [1.807, 2.05) is 0 Å². The molecule has 1 aromatic rings. The van der Waals surface area contributed by atoms with E-state index in [9.17, 15) is 9.18 Å². The highest BCUT2D eigenvalue weighted by Crippen LogP contribution is 2.27. The van der Waals surface area contributed by atoms with Gasteiger partial charge >= 0.3 is 0 Å². The molecule has 0 heterocycles. The molecule has 1 saturated carbocycles. The van der Waals surface area contributed by atoms with Crippen molar-refractivity contribution in [2.75, 3.05) is 26.7 Å². The zero-order valence-corrected chi connectivity index (χ0v) is 12.9. The normalized spacial score (nSPS) is 15.1. The molecule has 0 aromatic heterocycles. The maximum Gasteiger partial charge on any atom is 0.234 e. The molecule has 0 aliphatic heterocycles. The first-order chi connectivity index (χ1) is 9.69. The van der Waals surface area contributed by atoms with Gasteiger partial charge in [-0.2, -0.15) is 0 Å². The fourth-order valence-corrected chi connectivity index (χ4v) is 2.00. The first kappa shape index (κ1) is 17.9. The Morgan fingerprint density at radius 1 is 1.38 bits per heavy atom. The fraction of sp³-hybridized carbons (Fsp3) is 0.533. The van der Waals surface area contributed by atoms with Crippen LogP contribution in [0.15, 0.2) is 24.3 Å². The molecule has 1 aromatic carbocycles. The minimum atomic E-state index is -0.281.